The van der Waals surface area contributed by atoms with Crippen molar-refractivity contribution in [2.75, 3.05) is 0 Å². The molecule has 0 aliphatic heterocycles. The Bertz CT molecular complexity index is 171. The van der Waals surface area contributed by atoms with Gasteiger partial charge >= 0.3 is 0 Å². The van der Waals surface area contributed by atoms with E-state index in [0.29, 0.717) is 10.1 Å². The summed E-state index contributed by atoms with van der Waals surface area (Å²) < 4.78 is 0. The van der Waals surface area contributed by atoms with E-state index in [4.69, 9.17) is 11.1 Å². The lowest BCUT2D eigenvalue weighted by molar-refractivity contribution is 0.473. The van der Waals surface area contributed by atoms with E-state index in [9.17, 15) is 0 Å². The van der Waals surface area contributed by atoms with Crippen molar-refractivity contribution in [2.24, 2.45) is 0 Å². The van der Waals surface area contributed by atoms with Crippen molar-refractivity contribution in [2.45, 2.75) is 83.8 Å². The molecular formula is C13H29ClSi. The molecule has 0 radical (unpaired) electrons. The van der Waals surface area contributed by atoms with E-state index in [0.717, 1.165) is 0 Å². The molecule has 0 bridgehead atoms. The van der Waals surface area contributed by atoms with Crippen LogP contribution in [-0.2, 0) is 0 Å². The average Bonchev–Trinajstić information content (AvgIpc) is 2.26. The maximum Gasteiger partial charge on any atom is 0.165 e. The molecule has 0 saturated heterocycles. The van der Waals surface area contributed by atoms with Gasteiger partial charge in [-0.15, -0.1) is 0 Å². The van der Waals surface area contributed by atoms with E-state index >= 15 is 0 Å². The van der Waals surface area contributed by atoms with Crippen LogP contribution in [0, 0.1) is 0 Å². The van der Waals surface area contributed by atoms with E-state index in [1.807, 2.05) is 0 Å². The standard InChI is InChI=1S/C13H29ClSi/c1-8-12(5,9-2)15(7,14)13(6,10-3)11-4/h8-11H2,1-7H3. The third kappa shape index (κ3) is 2.44. The summed E-state index contributed by atoms with van der Waals surface area (Å²) in [5, 5.41) is 0.741. The van der Waals surface area contributed by atoms with Gasteiger partial charge in [-0.25, -0.2) is 0 Å². The molecule has 0 aliphatic rings. The predicted octanol–water partition coefficient (Wildman–Crippen LogP) is 5.96. The van der Waals surface area contributed by atoms with Crippen LogP contribution >= 0.6 is 11.1 Å². The van der Waals surface area contributed by atoms with Gasteiger partial charge in [0.2, 0.25) is 0 Å². The van der Waals surface area contributed by atoms with Gasteiger partial charge in [-0.2, -0.15) is 11.1 Å². The van der Waals surface area contributed by atoms with Crippen molar-refractivity contribution < 1.29 is 0 Å². The molecule has 2 heteroatoms. The first-order valence-electron chi connectivity index (χ1n) is 6.43. The highest BCUT2D eigenvalue weighted by Crippen LogP contribution is 2.60. The molecule has 0 aliphatic carbocycles. The first-order chi connectivity index (χ1) is 6.74. The van der Waals surface area contributed by atoms with E-state index in [2.05, 4.69) is 48.1 Å². The molecule has 0 aromatic rings. The Morgan fingerprint density at radius 2 is 1.00 bits per heavy atom. The van der Waals surface area contributed by atoms with Crippen molar-refractivity contribution >= 4 is 18.5 Å². The Kier molecular flexibility index (Phi) is 5.40. The summed E-state index contributed by atoms with van der Waals surface area (Å²) in [5.41, 5.74) is 0. The lowest BCUT2D eigenvalue weighted by Crippen LogP contribution is -2.48. The van der Waals surface area contributed by atoms with Gasteiger partial charge in [-0.3, -0.25) is 0 Å². The molecule has 0 rings (SSSR count). The number of hydrogen-bond acceptors (Lipinski definition) is 0. The lowest BCUT2D eigenvalue weighted by atomic mass is 10.0. The fourth-order valence-electron chi connectivity index (χ4n) is 2.56. The fraction of sp³-hybridized carbons (Fsp3) is 1.00. The van der Waals surface area contributed by atoms with Crippen LogP contribution in [0.2, 0.25) is 16.6 Å². The van der Waals surface area contributed by atoms with Crippen LogP contribution < -0.4 is 0 Å². The summed E-state index contributed by atoms with van der Waals surface area (Å²) >= 11 is 7.09. The van der Waals surface area contributed by atoms with Gasteiger partial charge in [0, 0.05) is 0 Å². The molecule has 0 saturated carbocycles. The first-order valence-corrected chi connectivity index (χ1v) is 9.94. The zero-order chi connectivity index (χ0) is 12.3. The highest BCUT2D eigenvalue weighted by Gasteiger charge is 2.53. The quantitative estimate of drug-likeness (QED) is 0.402. The van der Waals surface area contributed by atoms with Gasteiger partial charge in [0.05, 0.1) is 0 Å². The maximum absolute atomic E-state index is 7.09. The van der Waals surface area contributed by atoms with Crippen LogP contribution in [0.4, 0.5) is 0 Å². The number of hydrogen-bond donors (Lipinski definition) is 0. The second kappa shape index (κ2) is 5.22. The van der Waals surface area contributed by atoms with Gasteiger partial charge in [0.1, 0.15) is 0 Å². The van der Waals surface area contributed by atoms with Gasteiger partial charge in [0.25, 0.3) is 0 Å². The van der Waals surface area contributed by atoms with Gasteiger partial charge in [-0.1, -0.05) is 73.8 Å². The van der Waals surface area contributed by atoms with Crippen molar-refractivity contribution in [1.82, 2.24) is 0 Å². The molecule has 0 nitrogen and oxygen atoms in total. The third-order valence-electron chi connectivity index (χ3n) is 5.39. The van der Waals surface area contributed by atoms with Gasteiger partial charge in [-0.05, 0) is 10.1 Å². The summed E-state index contributed by atoms with van der Waals surface area (Å²) in [7, 11) is -1.74. The Labute approximate surface area is 103 Å². The minimum atomic E-state index is -1.74. The molecule has 15 heavy (non-hydrogen) atoms. The topological polar surface area (TPSA) is 0 Å². The molecule has 0 amide bonds. The Hall–Kier alpha value is 0.507. The summed E-state index contributed by atoms with van der Waals surface area (Å²) in [6, 6.07) is 0. The normalized spacial score (nSPS) is 14.4. The smallest absolute Gasteiger partial charge is 0.165 e. The monoisotopic (exact) mass is 248 g/mol. The Morgan fingerprint density at radius 3 is 1.13 bits per heavy atom. The molecule has 0 N–H and O–H groups in total. The highest BCUT2D eigenvalue weighted by atomic mass is 35.6. The van der Waals surface area contributed by atoms with Crippen LogP contribution in [0.5, 0.6) is 0 Å². The lowest BCUT2D eigenvalue weighted by Gasteiger charge is -2.50. The summed E-state index contributed by atoms with van der Waals surface area (Å²) in [6.45, 7) is 16.4. The first kappa shape index (κ1) is 15.5. The van der Waals surface area contributed by atoms with E-state index < -0.39 is 7.38 Å². The van der Waals surface area contributed by atoms with Crippen molar-refractivity contribution in [3.8, 4) is 0 Å². The summed E-state index contributed by atoms with van der Waals surface area (Å²) in [4.78, 5) is 0. The molecule has 0 aromatic heterocycles. The molecular weight excluding hydrogens is 220 g/mol. The van der Waals surface area contributed by atoms with Gasteiger partial charge < -0.3 is 0 Å². The van der Waals surface area contributed by atoms with Crippen LogP contribution in [0.25, 0.3) is 0 Å². The maximum atomic E-state index is 7.09. The van der Waals surface area contributed by atoms with E-state index in [1.54, 1.807) is 0 Å². The fourth-order valence-corrected chi connectivity index (χ4v) is 8.27. The molecule has 0 atom stereocenters. The number of rotatable bonds is 6. The Morgan fingerprint density at radius 1 is 0.800 bits per heavy atom. The average molecular weight is 249 g/mol. The zero-order valence-corrected chi connectivity index (χ0v) is 13.5. The molecule has 92 valence electrons. The molecule has 0 unspecified atom stereocenters. The second-order valence-electron chi connectivity index (χ2n) is 5.54. The summed E-state index contributed by atoms with van der Waals surface area (Å²) in [6.07, 6.45) is 4.85. The highest BCUT2D eigenvalue weighted by molar-refractivity contribution is 7.22. The van der Waals surface area contributed by atoms with Crippen molar-refractivity contribution in [1.29, 1.82) is 0 Å². The summed E-state index contributed by atoms with van der Waals surface area (Å²) in [5.74, 6) is 0. The zero-order valence-electron chi connectivity index (χ0n) is 11.7. The Balaban J connectivity index is 5.25. The van der Waals surface area contributed by atoms with Crippen LogP contribution in [-0.4, -0.2) is 7.38 Å². The predicted molar refractivity (Wildman–Crippen MR) is 75.4 cm³/mol. The van der Waals surface area contributed by atoms with Crippen LogP contribution in [0.1, 0.15) is 67.2 Å². The minimum absolute atomic E-state index is 0.370. The van der Waals surface area contributed by atoms with E-state index in [1.165, 1.54) is 25.7 Å². The number of halogens is 1. The molecule has 0 heterocycles. The molecule has 0 aromatic carbocycles. The largest absolute Gasteiger partial charge is 0.166 e. The van der Waals surface area contributed by atoms with E-state index in [-0.39, 0.29) is 0 Å². The third-order valence-corrected chi connectivity index (χ3v) is 14.1. The van der Waals surface area contributed by atoms with Crippen LogP contribution in [0.15, 0.2) is 0 Å². The second-order valence-corrected chi connectivity index (χ2v) is 12.2. The van der Waals surface area contributed by atoms with Crippen LogP contribution in [0.3, 0.4) is 0 Å². The van der Waals surface area contributed by atoms with Crippen molar-refractivity contribution in [3.05, 3.63) is 0 Å². The SMILES string of the molecule is CCC(C)(CC)[Si](C)(Cl)C(C)(CC)CC. The minimum Gasteiger partial charge on any atom is -0.166 e. The van der Waals surface area contributed by atoms with Gasteiger partial charge in [0.15, 0.2) is 7.38 Å². The molecule has 0 spiro atoms. The van der Waals surface area contributed by atoms with Crippen molar-refractivity contribution in [3.63, 3.8) is 0 Å². The molecule has 0 fully saturated rings.